The van der Waals surface area contributed by atoms with E-state index in [4.69, 9.17) is 15.2 Å². The number of amides is 1. The number of nitrogens with zero attached hydrogens (tertiary/aromatic N) is 1. The first-order valence-electron chi connectivity index (χ1n) is 6.57. The Labute approximate surface area is 113 Å². The molecule has 104 valence electrons. The predicted molar refractivity (Wildman–Crippen MR) is 72.1 cm³/mol. The van der Waals surface area contributed by atoms with E-state index in [9.17, 15) is 4.79 Å². The fraction of sp³-hybridized carbons (Fsp3) is 0.500. The molecule has 1 aliphatic rings. The molecule has 0 bridgehead atoms. The van der Waals surface area contributed by atoms with Crippen molar-refractivity contribution in [1.29, 1.82) is 0 Å². The van der Waals surface area contributed by atoms with Gasteiger partial charge in [0.25, 0.3) is 5.91 Å². The van der Waals surface area contributed by atoms with Gasteiger partial charge in [0.05, 0.1) is 13.2 Å². The van der Waals surface area contributed by atoms with E-state index in [1.165, 1.54) is 0 Å². The van der Waals surface area contributed by atoms with Gasteiger partial charge in [-0.3, -0.25) is 4.79 Å². The highest BCUT2D eigenvalue weighted by Crippen LogP contribution is 2.18. The van der Waals surface area contributed by atoms with Crippen molar-refractivity contribution in [3.63, 3.8) is 0 Å². The third kappa shape index (κ3) is 3.94. The molecule has 1 saturated heterocycles. The van der Waals surface area contributed by atoms with E-state index in [1.807, 2.05) is 24.3 Å². The molecule has 1 fully saturated rings. The number of hydrogen-bond donors (Lipinski definition) is 1. The average Bonchev–Trinajstić information content (AvgIpc) is 2.47. The zero-order valence-corrected chi connectivity index (χ0v) is 11.0. The summed E-state index contributed by atoms with van der Waals surface area (Å²) in [5.41, 5.74) is 6.60. The number of carbonyl (C=O) groups is 1. The second-order valence-electron chi connectivity index (χ2n) is 4.43. The van der Waals surface area contributed by atoms with Crippen molar-refractivity contribution in [3.8, 4) is 5.75 Å². The minimum absolute atomic E-state index is 0.00542. The van der Waals surface area contributed by atoms with Crippen LogP contribution in [0.2, 0.25) is 0 Å². The second-order valence-corrected chi connectivity index (χ2v) is 4.43. The van der Waals surface area contributed by atoms with Gasteiger partial charge in [-0.05, 0) is 24.6 Å². The van der Waals surface area contributed by atoms with Gasteiger partial charge in [-0.2, -0.15) is 0 Å². The van der Waals surface area contributed by atoms with Crippen LogP contribution in [0.4, 0.5) is 0 Å². The third-order valence-electron chi connectivity index (χ3n) is 3.10. The molecule has 5 nitrogen and oxygen atoms in total. The molecule has 19 heavy (non-hydrogen) atoms. The van der Waals surface area contributed by atoms with Gasteiger partial charge < -0.3 is 20.1 Å². The Hall–Kier alpha value is -1.59. The highest BCUT2D eigenvalue weighted by Gasteiger charge is 2.17. The maximum Gasteiger partial charge on any atom is 0.260 e. The largest absolute Gasteiger partial charge is 0.483 e. The van der Waals surface area contributed by atoms with Crippen molar-refractivity contribution in [2.75, 3.05) is 39.5 Å². The number of hydrogen-bond acceptors (Lipinski definition) is 4. The van der Waals surface area contributed by atoms with E-state index in [0.717, 1.165) is 17.7 Å². The van der Waals surface area contributed by atoms with Crippen LogP contribution in [0.3, 0.4) is 0 Å². The van der Waals surface area contributed by atoms with E-state index in [1.54, 1.807) is 4.90 Å². The highest BCUT2D eigenvalue weighted by atomic mass is 16.5. The number of ether oxygens (including phenoxy) is 2. The summed E-state index contributed by atoms with van der Waals surface area (Å²) in [6, 6.07) is 7.69. The predicted octanol–water partition coefficient (Wildman–Crippen LogP) is 0.425. The average molecular weight is 264 g/mol. The molecule has 1 aliphatic heterocycles. The van der Waals surface area contributed by atoms with Crippen LogP contribution in [0.25, 0.3) is 0 Å². The fourth-order valence-electron chi connectivity index (χ4n) is 2.05. The lowest BCUT2D eigenvalue weighted by Gasteiger charge is -2.26. The molecular formula is C14H20N2O3. The van der Waals surface area contributed by atoms with Gasteiger partial charge in [-0.15, -0.1) is 0 Å². The van der Waals surface area contributed by atoms with Gasteiger partial charge in [0.15, 0.2) is 6.61 Å². The second kappa shape index (κ2) is 7.11. The topological polar surface area (TPSA) is 64.8 Å². The monoisotopic (exact) mass is 264 g/mol. The first kappa shape index (κ1) is 13.8. The van der Waals surface area contributed by atoms with Gasteiger partial charge in [0, 0.05) is 13.1 Å². The summed E-state index contributed by atoms with van der Waals surface area (Å²) < 4.78 is 10.8. The summed E-state index contributed by atoms with van der Waals surface area (Å²) in [7, 11) is 0. The van der Waals surface area contributed by atoms with Crippen molar-refractivity contribution < 1.29 is 14.3 Å². The maximum atomic E-state index is 12.0. The summed E-state index contributed by atoms with van der Waals surface area (Å²) in [6.45, 7) is 3.14. The lowest BCUT2D eigenvalue weighted by molar-refractivity contribution is -0.137. The van der Waals surface area contributed by atoms with Gasteiger partial charge in [0.1, 0.15) is 5.75 Å². The molecule has 1 amide bonds. The summed E-state index contributed by atoms with van der Waals surface area (Å²) >= 11 is 0. The lowest BCUT2D eigenvalue weighted by Crippen LogP contribution is -2.43. The Bertz CT molecular complexity index is 417. The van der Waals surface area contributed by atoms with Gasteiger partial charge in [0.2, 0.25) is 0 Å². The van der Waals surface area contributed by atoms with Crippen LogP contribution in [0.1, 0.15) is 5.56 Å². The molecule has 0 saturated carbocycles. The van der Waals surface area contributed by atoms with Crippen molar-refractivity contribution >= 4 is 5.91 Å². The minimum atomic E-state index is 0.00542. The van der Waals surface area contributed by atoms with E-state index in [0.29, 0.717) is 32.8 Å². The Morgan fingerprint density at radius 1 is 1.32 bits per heavy atom. The van der Waals surface area contributed by atoms with Crippen LogP contribution in [-0.2, 0) is 16.0 Å². The molecule has 2 N–H and O–H groups in total. The zero-order valence-electron chi connectivity index (χ0n) is 11.0. The summed E-state index contributed by atoms with van der Waals surface area (Å²) in [4.78, 5) is 13.7. The summed E-state index contributed by atoms with van der Waals surface area (Å²) in [6.07, 6.45) is 0.752. The van der Waals surface area contributed by atoms with E-state index < -0.39 is 0 Å². The van der Waals surface area contributed by atoms with E-state index in [-0.39, 0.29) is 12.5 Å². The first-order valence-corrected chi connectivity index (χ1v) is 6.57. The zero-order chi connectivity index (χ0) is 13.5. The van der Waals surface area contributed by atoms with Crippen LogP contribution in [-0.4, -0.2) is 50.3 Å². The van der Waals surface area contributed by atoms with Crippen molar-refractivity contribution in [2.45, 2.75) is 6.42 Å². The highest BCUT2D eigenvalue weighted by molar-refractivity contribution is 5.77. The van der Waals surface area contributed by atoms with Gasteiger partial charge in [-0.25, -0.2) is 0 Å². The standard InChI is InChI=1S/C14H20N2O3/c15-6-5-12-3-1-2-4-13(12)19-11-14(17)16-7-9-18-10-8-16/h1-4H,5-11,15H2. The Morgan fingerprint density at radius 3 is 2.79 bits per heavy atom. The normalized spacial score (nSPS) is 15.3. The van der Waals surface area contributed by atoms with Crippen LogP contribution in [0.15, 0.2) is 24.3 Å². The van der Waals surface area contributed by atoms with Crippen molar-refractivity contribution in [3.05, 3.63) is 29.8 Å². The number of carbonyl (C=O) groups excluding carboxylic acids is 1. The van der Waals surface area contributed by atoms with Gasteiger partial charge in [-0.1, -0.05) is 18.2 Å². The molecule has 0 spiro atoms. The SMILES string of the molecule is NCCc1ccccc1OCC(=O)N1CCOCC1. The van der Waals surface area contributed by atoms with Crippen molar-refractivity contribution in [2.24, 2.45) is 5.73 Å². The maximum absolute atomic E-state index is 12.0. The molecule has 1 heterocycles. The third-order valence-corrected chi connectivity index (χ3v) is 3.10. The van der Waals surface area contributed by atoms with Crippen LogP contribution in [0, 0.1) is 0 Å². The Kier molecular flexibility index (Phi) is 5.18. The molecule has 0 radical (unpaired) electrons. The molecule has 0 atom stereocenters. The van der Waals surface area contributed by atoms with Crippen LogP contribution < -0.4 is 10.5 Å². The van der Waals surface area contributed by atoms with E-state index in [2.05, 4.69) is 0 Å². The molecule has 2 rings (SSSR count). The molecule has 1 aromatic rings. The summed E-state index contributed by atoms with van der Waals surface area (Å²) in [5.74, 6) is 0.750. The number of para-hydroxylation sites is 1. The number of nitrogens with two attached hydrogens (primary N) is 1. The van der Waals surface area contributed by atoms with Gasteiger partial charge >= 0.3 is 0 Å². The molecule has 5 heteroatoms. The molecule has 0 unspecified atom stereocenters. The quantitative estimate of drug-likeness (QED) is 0.837. The van der Waals surface area contributed by atoms with Crippen LogP contribution in [0.5, 0.6) is 5.75 Å². The lowest BCUT2D eigenvalue weighted by atomic mass is 10.1. The fourth-order valence-corrected chi connectivity index (χ4v) is 2.05. The van der Waals surface area contributed by atoms with Crippen LogP contribution >= 0.6 is 0 Å². The first-order chi connectivity index (χ1) is 9.31. The Balaban J connectivity index is 1.89. The summed E-state index contributed by atoms with van der Waals surface area (Å²) in [5, 5.41) is 0. The van der Waals surface area contributed by atoms with E-state index >= 15 is 0 Å². The number of benzene rings is 1. The number of morpholine rings is 1. The molecule has 1 aromatic carbocycles. The minimum Gasteiger partial charge on any atom is -0.483 e. The molecular weight excluding hydrogens is 244 g/mol. The number of rotatable bonds is 5. The Morgan fingerprint density at radius 2 is 2.05 bits per heavy atom. The van der Waals surface area contributed by atoms with Crippen molar-refractivity contribution in [1.82, 2.24) is 4.90 Å². The molecule has 0 aromatic heterocycles. The smallest absolute Gasteiger partial charge is 0.260 e. The molecule has 0 aliphatic carbocycles.